The number of aromatic amines is 1. The molecule has 0 aliphatic rings. The molecule has 1 aromatic carbocycles. The highest BCUT2D eigenvalue weighted by atomic mass is 16.6. The van der Waals surface area contributed by atoms with Gasteiger partial charge in [0.2, 0.25) is 0 Å². The van der Waals surface area contributed by atoms with Gasteiger partial charge in [0.05, 0.1) is 6.61 Å². The van der Waals surface area contributed by atoms with Crippen molar-refractivity contribution in [2.24, 2.45) is 0 Å². The van der Waals surface area contributed by atoms with Crippen LogP contribution in [0.25, 0.3) is 10.9 Å². The number of rotatable bonds is 7. The van der Waals surface area contributed by atoms with Crippen molar-refractivity contribution in [3.63, 3.8) is 0 Å². The Bertz CT molecular complexity index is 578. The third-order valence-electron chi connectivity index (χ3n) is 2.97. The Morgan fingerprint density at radius 2 is 2.10 bits per heavy atom. The molecule has 108 valence electrons. The first kappa shape index (κ1) is 14.4. The molecule has 2 aromatic rings. The summed E-state index contributed by atoms with van der Waals surface area (Å²) in [5.74, 6) is -0.376. The molecule has 1 aromatic heterocycles. The molecule has 0 aliphatic heterocycles. The van der Waals surface area contributed by atoms with E-state index in [2.05, 4.69) is 11.9 Å². The molecule has 1 heterocycles. The molecule has 3 N–H and O–H groups in total. The number of fused-ring (bicyclic) bond motifs is 1. The number of esters is 1. The van der Waals surface area contributed by atoms with Crippen LogP contribution in [-0.2, 0) is 9.47 Å². The van der Waals surface area contributed by atoms with Crippen molar-refractivity contribution in [2.75, 3.05) is 25.6 Å². The number of carbonyl (C=O) groups excluding carboxylic acids is 1. The first-order valence-corrected chi connectivity index (χ1v) is 6.84. The fraction of sp³-hybridized carbons (Fsp3) is 0.400. The van der Waals surface area contributed by atoms with Gasteiger partial charge in [0.15, 0.2) is 0 Å². The van der Waals surface area contributed by atoms with Crippen LogP contribution in [0.3, 0.4) is 0 Å². The van der Waals surface area contributed by atoms with Crippen LogP contribution in [0.2, 0.25) is 0 Å². The summed E-state index contributed by atoms with van der Waals surface area (Å²) in [5, 5.41) is 0.899. The van der Waals surface area contributed by atoms with Crippen LogP contribution in [0.1, 0.15) is 30.3 Å². The highest BCUT2D eigenvalue weighted by Gasteiger charge is 2.10. The quantitative estimate of drug-likeness (QED) is 0.463. The van der Waals surface area contributed by atoms with Gasteiger partial charge in [-0.25, -0.2) is 4.79 Å². The number of hydrogen-bond acceptors (Lipinski definition) is 4. The van der Waals surface area contributed by atoms with Crippen molar-refractivity contribution in [3.05, 3.63) is 30.0 Å². The number of nitrogen functional groups attached to an aromatic ring is 1. The number of anilines is 1. The summed E-state index contributed by atoms with van der Waals surface area (Å²) in [7, 11) is 0. The highest BCUT2D eigenvalue weighted by molar-refractivity contribution is 5.95. The maximum atomic E-state index is 11.8. The van der Waals surface area contributed by atoms with E-state index in [4.69, 9.17) is 15.2 Å². The molecule has 0 saturated carbocycles. The Morgan fingerprint density at radius 1 is 1.25 bits per heavy atom. The summed E-state index contributed by atoms with van der Waals surface area (Å²) in [4.78, 5) is 14.9. The number of nitrogens with one attached hydrogen (secondary N) is 1. The van der Waals surface area contributed by atoms with Crippen molar-refractivity contribution in [3.8, 4) is 0 Å². The third kappa shape index (κ3) is 3.74. The van der Waals surface area contributed by atoms with E-state index in [1.165, 1.54) is 0 Å². The summed E-state index contributed by atoms with van der Waals surface area (Å²) in [5.41, 5.74) is 7.66. The van der Waals surface area contributed by atoms with E-state index < -0.39 is 0 Å². The Balaban J connectivity index is 1.85. The van der Waals surface area contributed by atoms with Crippen LogP contribution in [0.4, 0.5) is 5.69 Å². The van der Waals surface area contributed by atoms with Gasteiger partial charge in [-0.2, -0.15) is 0 Å². The van der Waals surface area contributed by atoms with Gasteiger partial charge in [-0.1, -0.05) is 13.3 Å². The summed E-state index contributed by atoms with van der Waals surface area (Å²) >= 11 is 0. The number of ether oxygens (including phenoxy) is 2. The van der Waals surface area contributed by atoms with Crippen LogP contribution in [0.5, 0.6) is 0 Å². The summed E-state index contributed by atoms with van der Waals surface area (Å²) < 4.78 is 10.5. The smallest absolute Gasteiger partial charge is 0.354 e. The molecule has 0 aliphatic carbocycles. The van der Waals surface area contributed by atoms with Crippen molar-refractivity contribution in [1.29, 1.82) is 0 Å². The lowest BCUT2D eigenvalue weighted by molar-refractivity contribution is 0.0309. The average Bonchev–Trinajstić information content (AvgIpc) is 2.85. The van der Waals surface area contributed by atoms with Crippen LogP contribution in [0.15, 0.2) is 24.3 Å². The van der Waals surface area contributed by atoms with Crippen LogP contribution >= 0.6 is 0 Å². The minimum absolute atomic E-state index is 0.264. The van der Waals surface area contributed by atoms with Crippen molar-refractivity contribution < 1.29 is 14.3 Å². The van der Waals surface area contributed by atoms with Crippen LogP contribution in [-0.4, -0.2) is 30.8 Å². The fourth-order valence-electron chi connectivity index (χ4n) is 1.88. The molecule has 0 saturated heterocycles. The monoisotopic (exact) mass is 276 g/mol. The average molecular weight is 276 g/mol. The number of nitrogens with two attached hydrogens (primary N) is 1. The molecule has 0 amide bonds. The summed E-state index contributed by atoms with van der Waals surface area (Å²) in [6.07, 6.45) is 2.12. The van der Waals surface area contributed by atoms with Gasteiger partial charge in [0.1, 0.15) is 12.3 Å². The first-order valence-electron chi connectivity index (χ1n) is 6.84. The van der Waals surface area contributed by atoms with Gasteiger partial charge in [0, 0.05) is 23.2 Å². The molecule has 0 radical (unpaired) electrons. The number of unbranched alkanes of at least 4 members (excludes halogenated alkanes) is 1. The van der Waals surface area contributed by atoms with E-state index >= 15 is 0 Å². The lowest BCUT2D eigenvalue weighted by Gasteiger charge is -2.04. The van der Waals surface area contributed by atoms with Gasteiger partial charge in [-0.15, -0.1) is 0 Å². The zero-order chi connectivity index (χ0) is 14.4. The zero-order valence-corrected chi connectivity index (χ0v) is 11.6. The molecule has 5 heteroatoms. The topological polar surface area (TPSA) is 77.3 Å². The number of carbonyl (C=O) groups is 1. The maximum Gasteiger partial charge on any atom is 0.354 e. The van der Waals surface area contributed by atoms with Gasteiger partial charge in [0.25, 0.3) is 0 Å². The van der Waals surface area contributed by atoms with E-state index in [9.17, 15) is 4.79 Å². The Kier molecular flexibility index (Phi) is 5.01. The second kappa shape index (κ2) is 6.96. The predicted octanol–water partition coefficient (Wildman–Crippen LogP) is 2.72. The molecule has 5 nitrogen and oxygen atoms in total. The van der Waals surface area contributed by atoms with Crippen LogP contribution in [0, 0.1) is 0 Å². The minimum Gasteiger partial charge on any atom is -0.459 e. The Labute approximate surface area is 118 Å². The van der Waals surface area contributed by atoms with E-state index in [1.807, 2.05) is 12.1 Å². The highest BCUT2D eigenvalue weighted by Crippen LogP contribution is 2.18. The Morgan fingerprint density at radius 3 is 2.90 bits per heavy atom. The normalized spacial score (nSPS) is 10.8. The van der Waals surface area contributed by atoms with Crippen LogP contribution < -0.4 is 5.73 Å². The minimum atomic E-state index is -0.376. The van der Waals surface area contributed by atoms with Gasteiger partial charge < -0.3 is 20.2 Å². The number of H-pyrrole nitrogens is 1. The SMILES string of the molecule is CCCCOCCOC(=O)c1cc2cc(N)ccc2[nH]1. The van der Waals surface area contributed by atoms with E-state index in [0.29, 0.717) is 24.6 Å². The number of aromatic nitrogens is 1. The molecule has 20 heavy (non-hydrogen) atoms. The molecule has 0 atom stereocenters. The maximum absolute atomic E-state index is 11.8. The summed E-state index contributed by atoms with van der Waals surface area (Å²) in [6.45, 7) is 3.50. The molecular weight excluding hydrogens is 256 g/mol. The molecule has 0 fully saturated rings. The number of benzene rings is 1. The third-order valence-corrected chi connectivity index (χ3v) is 2.97. The molecule has 0 unspecified atom stereocenters. The van der Waals surface area contributed by atoms with Gasteiger partial charge >= 0.3 is 5.97 Å². The fourth-order valence-corrected chi connectivity index (χ4v) is 1.88. The van der Waals surface area contributed by atoms with Crippen molar-refractivity contribution >= 4 is 22.6 Å². The first-order chi connectivity index (χ1) is 9.70. The molecule has 0 bridgehead atoms. The zero-order valence-electron chi connectivity index (χ0n) is 11.6. The molecule has 0 spiro atoms. The number of hydrogen-bond donors (Lipinski definition) is 2. The van der Waals surface area contributed by atoms with E-state index in [-0.39, 0.29) is 12.6 Å². The largest absolute Gasteiger partial charge is 0.459 e. The standard InChI is InChI=1S/C15H20N2O3/c1-2-3-6-19-7-8-20-15(18)14-10-11-9-12(16)4-5-13(11)17-14/h4-5,9-10,17H,2-3,6-8,16H2,1H3. The lowest BCUT2D eigenvalue weighted by Crippen LogP contribution is -2.11. The predicted molar refractivity (Wildman–Crippen MR) is 78.7 cm³/mol. The van der Waals surface area contributed by atoms with E-state index in [1.54, 1.807) is 12.1 Å². The second-order valence-electron chi connectivity index (χ2n) is 4.63. The second-order valence-corrected chi connectivity index (χ2v) is 4.63. The molecule has 2 rings (SSSR count). The Hall–Kier alpha value is -2.01. The van der Waals surface area contributed by atoms with Gasteiger partial charge in [-0.05, 0) is 30.7 Å². The van der Waals surface area contributed by atoms with Crippen molar-refractivity contribution in [1.82, 2.24) is 4.98 Å². The van der Waals surface area contributed by atoms with E-state index in [0.717, 1.165) is 23.7 Å². The lowest BCUT2D eigenvalue weighted by atomic mass is 10.2. The van der Waals surface area contributed by atoms with Gasteiger partial charge in [-0.3, -0.25) is 0 Å². The van der Waals surface area contributed by atoms with Crippen molar-refractivity contribution in [2.45, 2.75) is 19.8 Å². The molecular formula is C15H20N2O3. The summed E-state index contributed by atoms with van der Waals surface area (Å²) in [6, 6.07) is 7.19.